The molecule has 2 aromatic rings. The summed E-state index contributed by atoms with van der Waals surface area (Å²) in [6, 6.07) is 7.96. The molecule has 0 atom stereocenters. The second-order valence-corrected chi connectivity index (χ2v) is 4.83. The number of nitriles is 1. The third-order valence-electron chi connectivity index (χ3n) is 2.46. The van der Waals surface area contributed by atoms with Gasteiger partial charge in [0.05, 0.1) is 11.3 Å². The Balaban J connectivity index is 2.33. The Kier molecular flexibility index (Phi) is 3.21. The van der Waals surface area contributed by atoms with Crippen LogP contribution in [0.15, 0.2) is 32.7 Å². The molecule has 0 fully saturated rings. The molecule has 4 heteroatoms. The molecule has 0 bridgehead atoms. The molecular formula is C13H12N2OS. The van der Waals surface area contributed by atoms with Crippen LogP contribution in [-0.2, 0) is 0 Å². The standard InChI is InChI=1S/C13H12N2OS/c1-8-4-5-12(11(6-8)7-14)17-13-15-9(2)10(3)16-13/h4-6H,1-3H3. The molecular weight excluding hydrogens is 232 g/mol. The Morgan fingerprint density at radius 2 is 2.06 bits per heavy atom. The van der Waals surface area contributed by atoms with Crippen molar-refractivity contribution in [2.75, 3.05) is 0 Å². The van der Waals surface area contributed by atoms with Crippen molar-refractivity contribution in [3.63, 3.8) is 0 Å². The lowest BCUT2D eigenvalue weighted by molar-refractivity contribution is 0.431. The number of hydrogen-bond acceptors (Lipinski definition) is 4. The summed E-state index contributed by atoms with van der Waals surface area (Å²) in [5.74, 6) is 0.818. The average molecular weight is 244 g/mol. The Morgan fingerprint density at radius 1 is 1.29 bits per heavy atom. The number of aromatic nitrogens is 1. The number of aryl methyl sites for hydroxylation is 3. The van der Waals surface area contributed by atoms with E-state index >= 15 is 0 Å². The highest BCUT2D eigenvalue weighted by molar-refractivity contribution is 7.99. The van der Waals surface area contributed by atoms with Crippen LogP contribution < -0.4 is 0 Å². The number of benzene rings is 1. The van der Waals surface area contributed by atoms with Crippen LogP contribution >= 0.6 is 11.8 Å². The van der Waals surface area contributed by atoms with Crippen LogP contribution in [0.1, 0.15) is 22.6 Å². The highest BCUT2D eigenvalue weighted by atomic mass is 32.2. The summed E-state index contributed by atoms with van der Waals surface area (Å²) in [7, 11) is 0. The molecule has 0 aliphatic rings. The molecule has 0 unspecified atom stereocenters. The highest BCUT2D eigenvalue weighted by Gasteiger charge is 2.10. The maximum absolute atomic E-state index is 9.07. The lowest BCUT2D eigenvalue weighted by atomic mass is 10.2. The van der Waals surface area contributed by atoms with Gasteiger partial charge >= 0.3 is 0 Å². The molecule has 0 saturated carbocycles. The van der Waals surface area contributed by atoms with Gasteiger partial charge in [-0.15, -0.1) is 0 Å². The van der Waals surface area contributed by atoms with E-state index < -0.39 is 0 Å². The van der Waals surface area contributed by atoms with Crippen molar-refractivity contribution in [1.29, 1.82) is 5.26 Å². The molecule has 86 valence electrons. The van der Waals surface area contributed by atoms with E-state index in [1.807, 2.05) is 39.0 Å². The van der Waals surface area contributed by atoms with E-state index in [2.05, 4.69) is 11.1 Å². The fourth-order valence-corrected chi connectivity index (χ4v) is 2.29. The van der Waals surface area contributed by atoms with Gasteiger partial charge in [-0.2, -0.15) is 5.26 Å². The Morgan fingerprint density at radius 3 is 2.65 bits per heavy atom. The van der Waals surface area contributed by atoms with E-state index in [0.29, 0.717) is 10.8 Å². The van der Waals surface area contributed by atoms with Gasteiger partial charge in [-0.3, -0.25) is 0 Å². The van der Waals surface area contributed by atoms with Crippen molar-refractivity contribution in [1.82, 2.24) is 4.98 Å². The van der Waals surface area contributed by atoms with E-state index in [1.54, 1.807) is 0 Å². The summed E-state index contributed by atoms with van der Waals surface area (Å²) in [5.41, 5.74) is 2.62. The summed E-state index contributed by atoms with van der Waals surface area (Å²) in [5, 5.41) is 9.65. The van der Waals surface area contributed by atoms with Crippen molar-refractivity contribution in [3.05, 3.63) is 40.8 Å². The Hall–Kier alpha value is -1.73. The SMILES string of the molecule is Cc1ccc(Sc2nc(C)c(C)o2)c(C#N)c1. The van der Waals surface area contributed by atoms with E-state index in [-0.39, 0.29) is 0 Å². The van der Waals surface area contributed by atoms with E-state index in [0.717, 1.165) is 21.9 Å². The summed E-state index contributed by atoms with van der Waals surface area (Å²) >= 11 is 1.38. The molecule has 1 aromatic carbocycles. The van der Waals surface area contributed by atoms with Gasteiger partial charge in [-0.25, -0.2) is 4.98 Å². The van der Waals surface area contributed by atoms with Gasteiger partial charge in [0, 0.05) is 4.90 Å². The number of rotatable bonds is 2. The molecule has 0 saturated heterocycles. The number of oxazole rings is 1. The normalized spacial score (nSPS) is 10.2. The minimum absolute atomic E-state index is 0.584. The van der Waals surface area contributed by atoms with Crippen molar-refractivity contribution >= 4 is 11.8 Å². The van der Waals surface area contributed by atoms with Crippen molar-refractivity contribution in [3.8, 4) is 6.07 Å². The van der Waals surface area contributed by atoms with E-state index in [9.17, 15) is 0 Å². The third kappa shape index (κ3) is 2.51. The molecule has 0 N–H and O–H groups in total. The number of nitrogens with zero attached hydrogens (tertiary/aromatic N) is 2. The zero-order chi connectivity index (χ0) is 12.4. The first kappa shape index (κ1) is 11.7. The van der Waals surface area contributed by atoms with Gasteiger partial charge in [0.2, 0.25) is 0 Å². The fraction of sp³-hybridized carbons (Fsp3) is 0.231. The maximum atomic E-state index is 9.07. The highest BCUT2D eigenvalue weighted by Crippen LogP contribution is 2.31. The topological polar surface area (TPSA) is 49.8 Å². The zero-order valence-corrected chi connectivity index (χ0v) is 10.8. The van der Waals surface area contributed by atoms with E-state index in [4.69, 9.17) is 9.68 Å². The number of hydrogen-bond donors (Lipinski definition) is 0. The summed E-state index contributed by atoms with van der Waals surface area (Å²) in [4.78, 5) is 5.16. The molecule has 0 spiro atoms. The second kappa shape index (κ2) is 4.64. The predicted octanol–water partition coefficient (Wildman–Crippen LogP) is 3.62. The first-order valence-corrected chi connectivity index (χ1v) is 6.04. The summed E-state index contributed by atoms with van der Waals surface area (Å²) in [6.07, 6.45) is 0. The average Bonchev–Trinajstić information content (AvgIpc) is 2.60. The van der Waals surface area contributed by atoms with E-state index in [1.165, 1.54) is 11.8 Å². The maximum Gasteiger partial charge on any atom is 0.261 e. The van der Waals surface area contributed by atoms with Crippen molar-refractivity contribution in [2.24, 2.45) is 0 Å². The Bertz CT molecular complexity index is 576. The first-order valence-electron chi connectivity index (χ1n) is 5.23. The fourth-order valence-electron chi connectivity index (χ4n) is 1.40. The Labute approximate surface area is 104 Å². The van der Waals surface area contributed by atoms with Gasteiger partial charge in [0.1, 0.15) is 11.8 Å². The lowest BCUT2D eigenvalue weighted by Gasteiger charge is -2.01. The smallest absolute Gasteiger partial charge is 0.261 e. The largest absolute Gasteiger partial charge is 0.436 e. The molecule has 0 amide bonds. The van der Waals surface area contributed by atoms with Gasteiger partial charge < -0.3 is 4.42 Å². The van der Waals surface area contributed by atoms with Gasteiger partial charge in [0.25, 0.3) is 5.22 Å². The molecule has 0 radical (unpaired) electrons. The van der Waals surface area contributed by atoms with Crippen LogP contribution in [0.4, 0.5) is 0 Å². The molecule has 3 nitrogen and oxygen atoms in total. The minimum atomic E-state index is 0.584. The molecule has 0 aliphatic heterocycles. The second-order valence-electron chi connectivity index (χ2n) is 3.83. The molecule has 17 heavy (non-hydrogen) atoms. The molecule has 1 heterocycles. The molecule has 2 rings (SSSR count). The van der Waals surface area contributed by atoms with Crippen LogP contribution in [-0.4, -0.2) is 4.98 Å². The summed E-state index contributed by atoms with van der Waals surface area (Å²) < 4.78 is 5.49. The van der Waals surface area contributed by atoms with Crippen molar-refractivity contribution in [2.45, 2.75) is 30.9 Å². The van der Waals surface area contributed by atoms with Gasteiger partial charge in [0.15, 0.2) is 0 Å². The quantitative estimate of drug-likeness (QED) is 0.809. The van der Waals surface area contributed by atoms with Gasteiger partial charge in [-0.05, 0) is 50.2 Å². The van der Waals surface area contributed by atoms with Crippen LogP contribution in [0.5, 0.6) is 0 Å². The molecule has 0 aliphatic carbocycles. The third-order valence-corrected chi connectivity index (χ3v) is 3.39. The van der Waals surface area contributed by atoms with Crippen molar-refractivity contribution < 1.29 is 4.42 Å². The monoisotopic (exact) mass is 244 g/mol. The van der Waals surface area contributed by atoms with Crippen LogP contribution in [0.3, 0.4) is 0 Å². The predicted molar refractivity (Wildman–Crippen MR) is 66.0 cm³/mol. The minimum Gasteiger partial charge on any atom is -0.436 e. The zero-order valence-electron chi connectivity index (χ0n) is 9.94. The van der Waals surface area contributed by atoms with Crippen LogP contribution in [0, 0.1) is 32.1 Å². The lowest BCUT2D eigenvalue weighted by Crippen LogP contribution is -1.83. The molecule has 1 aromatic heterocycles. The first-order chi connectivity index (χ1) is 8.10. The van der Waals surface area contributed by atoms with Crippen LogP contribution in [0.25, 0.3) is 0 Å². The van der Waals surface area contributed by atoms with Crippen LogP contribution in [0.2, 0.25) is 0 Å². The van der Waals surface area contributed by atoms with Gasteiger partial charge in [-0.1, -0.05) is 6.07 Å². The summed E-state index contributed by atoms with van der Waals surface area (Å²) in [6.45, 7) is 5.75.